The van der Waals surface area contributed by atoms with Gasteiger partial charge in [-0.05, 0) is 54.6 Å². The Hall–Kier alpha value is -4.42. The number of urea groups is 1. The van der Waals surface area contributed by atoms with Gasteiger partial charge in [0.05, 0.1) is 23.9 Å². The number of carbonyl (C=O) groups is 1. The molecule has 146 valence electrons. The van der Waals surface area contributed by atoms with Crippen LogP contribution in [-0.4, -0.2) is 19.2 Å². The second kappa shape index (κ2) is 8.30. The second-order valence-electron chi connectivity index (χ2n) is 6.52. The zero-order valence-electron chi connectivity index (χ0n) is 16.0. The van der Waals surface area contributed by atoms with Crippen LogP contribution in [0, 0.1) is 23.7 Å². The standard InChI is InChI=1S/C24H17N3O3/c1-2-17-4-3-5-19(14-17)26-24(28)27-12-13-29-23-11-10-21(15-22(23)27)30-20-8-6-18(16-25)7-9-20/h1,3-11,14-15H,12-13H2,(H,26,28). The molecule has 4 rings (SSSR count). The average Bonchev–Trinajstić information content (AvgIpc) is 2.79. The molecule has 6 heteroatoms. The normalized spacial score (nSPS) is 12.0. The maximum Gasteiger partial charge on any atom is 0.326 e. The summed E-state index contributed by atoms with van der Waals surface area (Å²) in [5.74, 6) is 4.29. The highest BCUT2D eigenvalue weighted by atomic mass is 16.5. The van der Waals surface area contributed by atoms with Gasteiger partial charge in [-0.1, -0.05) is 12.0 Å². The Labute approximate surface area is 174 Å². The second-order valence-corrected chi connectivity index (χ2v) is 6.52. The van der Waals surface area contributed by atoms with E-state index in [4.69, 9.17) is 21.2 Å². The molecule has 0 spiro atoms. The predicted octanol–water partition coefficient (Wildman–Crippen LogP) is 4.76. The maximum atomic E-state index is 12.9. The summed E-state index contributed by atoms with van der Waals surface area (Å²) in [6.07, 6.45) is 5.43. The van der Waals surface area contributed by atoms with Crippen LogP contribution < -0.4 is 19.7 Å². The molecule has 0 atom stereocenters. The Kier molecular flexibility index (Phi) is 5.23. The van der Waals surface area contributed by atoms with Crippen LogP contribution >= 0.6 is 0 Å². The van der Waals surface area contributed by atoms with Gasteiger partial charge in [0.25, 0.3) is 0 Å². The summed E-state index contributed by atoms with van der Waals surface area (Å²) in [6, 6.07) is 21.0. The number of terminal acetylenes is 1. The smallest absolute Gasteiger partial charge is 0.326 e. The topological polar surface area (TPSA) is 74.6 Å². The third-order valence-electron chi connectivity index (χ3n) is 4.54. The summed E-state index contributed by atoms with van der Waals surface area (Å²) in [6.45, 7) is 0.786. The molecule has 0 aromatic heterocycles. The number of nitrogens with zero attached hydrogens (tertiary/aromatic N) is 2. The third kappa shape index (κ3) is 4.04. The van der Waals surface area contributed by atoms with Gasteiger partial charge in [-0.25, -0.2) is 4.79 Å². The van der Waals surface area contributed by atoms with Crippen molar-refractivity contribution in [2.45, 2.75) is 0 Å². The summed E-state index contributed by atoms with van der Waals surface area (Å²) in [7, 11) is 0. The number of anilines is 2. The van der Waals surface area contributed by atoms with Gasteiger partial charge in [0.1, 0.15) is 23.9 Å². The molecule has 6 nitrogen and oxygen atoms in total. The van der Waals surface area contributed by atoms with Gasteiger partial charge >= 0.3 is 6.03 Å². The fourth-order valence-electron chi connectivity index (χ4n) is 3.08. The number of amides is 2. The molecule has 1 aliphatic heterocycles. The molecule has 0 bridgehead atoms. The van der Waals surface area contributed by atoms with Gasteiger partial charge < -0.3 is 14.8 Å². The predicted molar refractivity (Wildman–Crippen MR) is 114 cm³/mol. The van der Waals surface area contributed by atoms with Crippen molar-refractivity contribution in [2.75, 3.05) is 23.4 Å². The van der Waals surface area contributed by atoms with Gasteiger partial charge in [-0.15, -0.1) is 6.42 Å². The van der Waals surface area contributed by atoms with E-state index in [9.17, 15) is 4.79 Å². The van der Waals surface area contributed by atoms with E-state index in [0.717, 1.165) is 0 Å². The zero-order chi connectivity index (χ0) is 20.9. The molecule has 0 saturated heterocycles. The van der Waals surface area contributed by atoms with Crippen molar-refractivity contribution in [3.63, 3.8) is 0 Å². The van der Waals surface area contributed by atoms with Crippen molar-refractivity contribution >= 4 is 17.4 Å². The van der Waals surface area contributed by atoms with Crippen molar-refractivity contribution in [3.05, 3.63) is 77.9 Å². The van der Waals surface area contributed by atoms with E-state index >= 15 is 0 Å². The molecule has 0 unspecified atom stereocenters. The first-order valence-electron chi connectivity index (χ1n) is 9.26. The maximum absolute atomic E-state index is 12.9. The van der Waals surface area contributed by atoms with Gasteiger partial charge in [-0.2, -0.15) is 5.26 Å². The number of hydrogen-bond donors (Lipinski definition) is 1. The van der Waals surface area contributed by atoms with Crippen molar-refractivity contribution < 1.29 is 14.3 Å². The van der Waals surface area contributed by atoms with Gasteiger partial charge in [0.15, 0.2) is 0 Å². The van der Waals surface area contributed by atoms with E-state index in [2.05, 4.69) is 17.3 Å². The number of carbonyl (C=O) groups excluding carboxylic acids is 1. The van der Waals surface area contributed by atoms with Crippen LogP contribution in [0.3, 0.4) is 0 Å². The molecule has 0 saturated carbocycles. The van der Waals surface area contributed by atoms with E-state index in [1.165, 1.54) is 0 Å². The lowest BCUT2D eigenvalue weighted by Crippen LogP contribution is -2.40. The minimum Gasteiger partial charge on any atom is -0.490 e. The molecule has 3 aromatic carbocycles. The SMILES string of the molecule is C#Cc1cccc(NC(=O)N2CCOc3ccc(Oc4ccc(C#N)cc4)cc32)c1. The summed E-state index contributed by atoms with van der Waals surface area (Å²) >= 11 is 0. The number of nitrogens with one attached hydrogen (secondary N) is 1. The Balaban J connectivity index is 1.56. The molecule has 1 N–H and O–H groups in total. The third-order valence-corrected chi connectivity index (χ3v) is 4.54. The first kappa shape index (κ1) is 18.9. The van der Waals surface area contributed by atoms with Gasteiger partial charge in [0, 0.05) is 17.3 Å². The van der Waals surface area contributed by atoms with E-state index in [-0.39, 0.29) is 6.03 Å². The van der Waals surface area contributed by atoms with Crippen molar-refractivity contribution in [2.24, 2.45) is 0 Å². The number of nitriles is 1. The van der Waals surface area contributed by atoms with Crippen LogP contribution in [0.15, 0.2) is 66.7 Å². The first-order chi connectivity index (χ1) is 14.7. The van der Waals surface area contributed by atoms with Crippen molar-refractivity contribution in [3.8, 4) is 35.7 Å². The minimum atomic E-state index is -0.288. The molecule has 0 radical (unpaired) electrons. The molecule has 1 aliphatic rings. The van der Waals surface area contributed by atoms with Crippen molar-refractivity contribution in [1.82, 2.24) is 0 Å². The lowest BCUT2D eigenvalue weighted by atomic mass is 10.2. The lowest BCUT2D eigenvalue weighted by molar-refractivity contribution is 0.250. The van der Waals surface area contributed by atoms with Gasteiger partial charge in [-0.3, -0.25) is 4.90 Å². The number of hydrogen-bond acceptors (Lipinski definition) is 4. The molecule has 0 aliphatic carbocycles. The molecule has 1 heterocycles. The number of fused-ring (bicyclic) bond motifs is 1. The summed E-state index contributed by atoms with van der Waals surface area (Å²) in [4.78, 5) is 14.5. The van der Waals surface area contributed by atoms with E-state index < -0.39 is 0 Å². The number of rotatable bonds is 3. The van der Waals surface area contributed by atoms with Crippen LogP contribution in [0.2, 0.25) is 0 Å². The van der Waals surface area contributed by atoms with Crippen LogP contribution in [0.5, 0.6) is 17.2 Å². The van der Waals surface area contributed by atoms with Crippen LogP contribution in [-0.2, 0) is 0 Å². The fraction of sp³-hybridized carbons (Fsp3) is 0.0833. The Morgan fingerprint density at radius 3 is 2.63 bits per heavy atom. The van der Waals surface area contributed by atoms with E-state index in [0.29, 0.717) is 52.9 Å². The van der Waals surface area contributed by atoms with Crippen molar-refractivity contribution in [1.29, 1.82) is 5.26 Å². The fourth-order valence-corrected chi connectivity index (χ4v) is 3.08. The molecular weight excluding hydrogens is 378 g/mol. The Bertz CT molecular complexity index is 1170. The largest absolute Gasteiger partial charge is 0.490 e. The molecular formula is C24H17N3O3. The lowest BCUT2D eigenvalue weighted by Gasteiger charge is -2.30. The Morgan fingerprint density at radius 2 is 1.87 bits per heavy atom. The highest BCUT2D eigenvalue weighted by Crippen LogP contribution is 2.36. The van der Waals surface area contributed by atoms with E-state index in [1.807, 2.05) is 0 Å². The summed E-state index contributed by atoms with van der Waals surface area (Å²) < 4.78 is 11.6. The molecule has 2 amide bonds. The molecule has 30 heavy (non-hydrogen) atoms. The average molecular weight is 395 g/mol. The summed E-state index contributed by atoms with van der Waals surface area (Å²) in [5, 5.41) is 11.8. The quantitative estimate of drug-likeness (QED) is 0.649. The van der Waals surface area contributed by atoms with E-state index in [1.54, 1.807) is 71.6 Å². The number of benzene rings is 3. The number of ether oxygens (including phenoxy) is 2. The van der Waals surface area contributed by atoms with Crippen LogP contribution in [0.25, 0.3) is 0 Å². The van der Waals surface area contributed by atoms with Crippen LogP contribution in [0.1, 0.15) is 11.1 Å². The van der Waals surface area contributed by atoms with Crippen LogP contribution in [0.4, 0.5) is 16.2 Å². The van der Waals surface area contributed by atoms with Gasteiger partial charge in [0.2, 0.25) is 0 Å². The highest BCUT2D eigenvalue weighted by molar-refractivity contribution is 6.03. The molecule has 0 fully saturated rings. The highest BCUT2D eigenvalue weighted by Gasteiger charge is 2.24. The monoisotopic (exact) mass is 395 g/mol. The zero-order valence-corrected chi connectivity index (χ0v) is 16.0. The Morgan fingerprint density at radius 1 is 1.07 bits per heavy atom. The first-order valence-corrected chi connectivity index (χ1v) is 9.26. The molecule has 3 aromatic rings. The summed E-state index contributed by atoms with van der Waals surface area (Å²) in [5.41, 5.74) is 2.47. The minimum absolute atomic E-state index is 0.288.